The fourth-order valence-corrected chi connectivity index (χ4v) is 4.17. The average molecular weight is 376 g/mol. The van der Waals surface area contributed by atoms with Gasteiger partial charge in [0.15, 0.2) is 5.82 Å². The molecular weight excluding hydrogens is 356 g/mol. The number of imidazole rings is 1. The quantitative estimate of drug-likeness (QED) is 0.548. The first-order valence-electron chi connectivity index (χ1n) is 9.13. The van der Waals surface area contributed by atoms with Crippen LogP contribution in [-0.4, -0.2) is 50.7 Å². The van der Waals surface area contributed by atoms with Gasteiger partial charge in [0.05, 0.1) is 10.6 Å². The van der Waals surface area contributed by atoms with E-state index in [9.17, 15) is 0 Å². The van der Waals surface area contributed by atoms with Gasteiger partial charge in [-0.05, 0) is 35.7 Å². The van der Waals surface area contributed by atoms with Crippen LogP contribution in [0.3, 0.4) is 0 Å². The molecule has 7 heteroatoms. The molecule has 0 radical (unpaired) electrons. The second-order valence-corrected chi connectivity index (χ2v) is 7.66. The van der Waals surface area contributed by atoms with E-state index in [4.69, 9.17) is 4.98 Å². The second kappa shape index (κ2) is 7.09. The topological polar surface area (TPSA) is 49.6 Å². The van der Waals surface area contributed by atoms with Crippen molar-refractivity contribution < 1.29 is 0 Å². The van der Waals surface area contributed by atoms with Crippen LogP contribution in [0.1, 0.15) is 5.69 Å². The molecule has 1 saturated heterocycles. The minimum absolute atomic E-state index is 0.887. The number of anilines is 1. The molecule has 0 aliphatic carbocycles. The highest BCUT2D eigenvalue weighted by Gasteiger charge is 2.19. The van der Waals surface area contributed by atoms with E-state index in [1.165, 1.54) is 0 Å². The zero-order valence-corrected chi connectivity index (χ0v) is 15.7. The molecule has 0 bridgehead atoms. The number of pyridine rings is 1. The monoisotopic (exact) mass is 376 g/mol. The molecule has 5 rings (SSSR count). The highest BCUT2D eigenvalue weighted by atomic mass is 32.1. The van der Waals surface area contributed by atoms with E-state index in [1.54, 1.807) is 11.3 Å². The van der Waals surface area contributed by atoms with Crippen LogP contribution in [0.15, 0.2) is 60.2 Å². The van der Waals surface area contributed by atoms with Crippen molar-refractivity contribution in [1.29, 1.82) is 0 Å². The first-order chi connectivity index (χ1) is 13.3. The van der Waals surface area contributed by atoms with E-state index >= 15 is 0 Å². The Morgan fingerprint density at radius 2 is 1.85 bits per heavy atom. The Bertz CT molecular complexity index is 983. The van der Waals surface area contributed by atoms with Gasteiger partial charge < -0.3 is 9.30 Å². The highest BCUT2D eigenvalue weighted by molar-refractivity contribution is 7.13. The lowest BCUT2D eigenvalue weighted by Crippen LogP contribution is -2.46. The van der Waals surface area contributed by atoms with Crippen LogP contribution in [0.5, 0.6) is 0 Å². The van der Waals surface area contributed by atoms with Crippen LogP contribution in [0.2, 0.25) is 0 Å². The molecule has 5 heterocycles. The third-order valence-corrected chi connectivity index (χ3v) is 5.81. The molecule has 27 heavy (non-hydrogen) atoms. The first kappa shape index (κ1) is 16.4. The average Bonchev–Trinajstić information content (AvgIpc) is 3.38. The lowest BCUT2D eigenvalue weighted by atomic mass is 10.2. The molecular formula is C20H20N6S. The molecule has 1 aliphatic rings. The van der Waals surface area contributed by atoms with E-state index in [0.29, 0.717) is 0 Å². The Kier molecular flexibility index (Phi) is 4.31. The minimum Gasteiger partial charge on any atom is -0.353 e. The van der Waals surface area contributed by atoms with Crippen molar-refractivity contribution in [2.45, 2.75) is 6.54 Å². The van der Waals surface area contributed by atoms with E-state index in [2.05, 4.69) is 54.2 Å². The Balaban J connectivity index is 1.21. The molecule has 0 atom stereocenters. The Labute approximate surface area is 161 Å². The van der Waals surface area contributed by atoms with Gasteiger partial charge in [0.1, 0.15) is 11.3 Å². The van der Waals surface area contributed by atoms with Crippen LogP contribution in [-0.2, 0) is 6.54 Å². The zero-order valence-electron chi connectivity index (χ0n) is 14.9. The summed E-state index contributed by atoms with van der Waals surface area (Å²) < 4.78 is 2.08. The Morgan fingerprint density at radius 1 is 0.926 bits per heavy atom. The third kappa shape index (κ3) is 3.43. The predicted molar refractivity (Wildman–Crippen MR) is 108 cm³/mol. The van der Waals surface area contributed by atoms with Gasteiger partial charge in [-0.1, -0.05) is 12.1 Å². The van der Waals surface area contributed by atoms with Gasteiger partial charge in [0.25, 0.3) is 0 Å². The number of rotatable bonds is 4. The fourth-order valence-electron chi connectivity index (χ4n) is 3.48. The molecule has 0 unspecified atom stereocenters. The molecule has 6 nitrogen and oxygen atoms in total. The normalized spacial score (nSPS) is 15.5. The van der Waals surface area contributed by atoms with Crippen LogP contribution < -0.4 is 4.90 Å². The van der Waals surface area contributed by atoms with Crippen molar-refractivity contribution in [3.8, 4) is 10.6 Å². The standard InChI is InChI=1S/C20H20N6S/c1-2-8-26-15-16(21-19(26)5-1)14-24-9-11-25(12-10-24)20-7-6-17(22-23-20)18-4-3-13-27-18/h1-8,13,15H,9-12,14H2. The van der Waals surface area contributed by atoms with Crippen molar-refractivity contribution >= 4 is 22.8 Å². The van der Waals surface area contributed by atoms with Crippen molar-refractivity contribution in [2.24, 2.45) is 0 Å². The molecule has 0 spiro atoms. The summed E-state index contributed by atoms with van der Waals surface area (Å²) in [5.41, 5.74) is 3.07. The van der Waals surface area contributed by atoms with Gasteiger partial charge in [-0.2, -0.15) is 0 Å². The fraction of sp³-hybridized carbons (Fsp3) is 0.250. The second-order valence-electron chi connectivity index (χ2n) is 6.72. The predicted octanol–water partition coefficient (Wildman–Crippen LogP) is 3.18. The maximum atomic E-state index is 4.70. The summed E-state index contributed by atoms with van der Waals surface area (Å²) in [6.45, 7) is 4.81. The lowest BCUT2D eigenvalue weighted by Gasteiger charge is -2.34. The SMILES string of the molecule is c1csc(-c2ccc(N3CCN(Cc4cn5ccccc5n4)CC3)nn2)c1. The summed E-state index contributed by atoms with van der Waals surface area (Å²) in [6.07, 6.45) is 4.17. The molecule has 4 aromatic heterocycles. The van der Waals surface area contributed by atoms with Gasteiger partial charge >= 0.3 is 0 Å². The number of piperazine rings is 1. The number of aromatic nitrogens is 4. The summed E-state index contributed by atoms with van der Waals surface area (Å²) in [5, 5.41) is 10.9. The Morgan fingerprint density at radius 3 is 2.59 bits per heavy atom. The van der Waals surface area contributed by atoms with E-state index < -0.39 is 0 Å². The van der Waals surface area contributed by atoms with Gasteiger partial charge in [-0.25, -0.2) is 4.98 Å². The van der Waals surface area contributed by atoms with E-state index in [1.807, 2.05) is 30.5 Å². The number of hydrogen-bond acceptors (Lipinski definition) is 6. The largest absolute Gasteiger partial charge is 0.353 e. The number of hydrogen-bond donors (Lipinski definition) is 0. The lowest BCUT2D eigenvalue weighted by molar-refractivity contribution is 0.247. The summed E-state index contributed by atoms with van der Waals surface area (Å²) in [5.74, 6) is 0.961. The van der Waals surface area contributed by atoms with Gasteiger partial charge in [-0.15, -0.1) is 21.5 Å². The van der Waals surface area contributed by atoms with Crippen LogP contribution in [0.4, 0.5) is 5.82 Å². The van der Waals surface area contributed by atoms with Crippen molar-refractivity contribution in [2.75, 3.05) is 31.1 Å². The molecule has 1 fully saturated rings. The van der Waals surface area contributed by atoms with Crippen molar-refractivity contribution in [3.05, 3.63) is 65.9 Å². The molecule has 0 N–H and O–H groups in total. The summed E-state index contributed by atoms with van der Waals surface area (Å²) in [4.78, 5) is 10.6. The van der Waals surface area contributed by atoms with Crippen LogP contribution >= 0.6 is 11.3 Å². The minimum atomic E-state index is 0.887. The molecule has 1 aliphatic heterocycles. The van der Waals surface area contributed by atoms with Gasteiger partial charge in [0.2, 0.25) is 0 Å². The summed E-state index contributed by atoms with van der Waals surface area (Å²) in [7, 11) is 0. The van der Waals surface area contributed by atoms with Gasteiger partial charge in [-0.3, -0.25) is 4.90 Å². The van der Waals surface area contributed by atoms with Crippen LogP contribution in [0.25, 0.3) is 16.2 Å². The number of thiophene rings is 1. The molecule has 0 saturated carbocycles. The highest BCUT2D eigenvalue weighted by Crippen LogP contribution is 2.23. The number of fused-ring (bicyclic) bond motifs is 1. The first-order valence-corrected chi connectivity index (χ1v) is 10.0. The molecule has 0 aromatic carbocycles. The summed E-state index contributed by atoms with van der Waals surface area (Å²) >= 11 is 1.69. The molecule has 0 amide bonds. The number of nitrogens with zero attached hydrogens (tertiary/aromatic N) is 6. The van der Waals surface area contributed by atoms with Crippen molar-refractivity contribution in [3.63, 3.8) is 0 Å². The van der Waals surface area contributed by atoms with E-state index in [-0.39, 0.29) is 0 Å². The third-order valence-electron chi connectivity index (χ3n) is 4.92. The Hall–Kier alpha value is -2.77. The summed E-state index contributed by atoms with van der Waals surface area (Å²) in [6, 6.07) is 14.4. The smallest absolute Gasteiger partial charge is 0.151 e. The maximum absolute atomic E-state index is 4.70. The van der Waals surface area contributed by atoms with E-state index in [0.717, 1.165) is 60.5 Å². The zero-order chi connectivity index (χ0) is 18.1. The molecule has 136 valence electrons. The van der Waals surface area contributed by atoms with Crippen molar-refractivity contribution in [1.82, 2.24) is 24.5 Å². The maximum Gasteiger partial charge on any atom is 0.151 e. The van der Waals surface area contributed by atoms with Crippen LogP contribution in [0, 0.1) is 0 Å². The van der Waals surface area contributed by atoms with Gasteiger partial charge in [0, 0.05) is 45.1 Å². The molecule has 4 aromatic rings.